The summed E-state index contributed by atoms with van der Waals surface area (Å²) >= 11 is 1.47. The molecule has 1 fully saturated rings. The van der Waals surface area contributed by atoms with E-state index in [1.807, 2.05) is 17.5 Å². The number of hydrogen-bond acceptors (Lipinski definition) is 5. The summed E-state index contributed by atoms with van der Waals surface area (Å²) in [5.74, 6) is -0.337. The molecule has 1 N–H and O–H groups in total. The van der Waals surface area contributed by atoms with Crippen molar-refractivity contribution in [1.29, 1.82) is 0 Å². The lowest BCUT2D eigenvalue weighted by atomic mass is 10.0. The van der Waals surface area contributed by atoms with Gasteiger partial charge in [0.2, 0.25) is 0 Å². The van der Waals surface area contributed by atoms with E-state index in [1.54, 1.807) is 11.9 Å². The summed E-state index contributed by atoms with van der Waals surface area (Å²) in [6, 6.07) is 3.83. The Hall–Kier alpha value is -2.19. The number of nitrogens with one attached hydrogen (secondary N) is 1. The van der Waals surface area contributed by atoms with Crippen molar-refractivity contribution in [3.8, 4) is 0 Å². The molecule has 0 atom stereocenters. The van der Waals surface area contributed by atoms with Gasteiger partial charge in [0.1, 0.15) is 5.56 Å². The number of hydrogen-bond donors (Lipinski definition) is 1. The number of carbonyl (C=O) groups excluding carboxylic acids is 1. The molecule has 3 heterocycles. The zero-order valence-electron chi connectivity index (χ0n) is 14.4. The Morgan fingerprint density at radius 1 is 1.36 bits per heavy atom. The van der Waals surface area contributed by atoms with Gasteiger partial charge in [-0.2, -0.15) is 0 Å². The largest absolute Gasteiger partial charge is 0.338 e. The van der Waals surface area contributed by atoms with Gasteiger partial charge < -0.3 is 14.8 Å². The van der Waals surface area contributed by atoms with Crippen molar-refractivity contribution in [3.63, 3.8) is 0 Å². The Bertz CT molecular complexity index is 848. The van der Waals surface area contributed by atoms with Gasteiger partial charge in [-0.3, -0.25) is 14.2 Å². The van der Waals surface area contributed by atoms with E-state index in [2.05, 4.69) is 16.9 Å². The normalized spacial score (nSPS) is 16.1. The molecule has 0 saturated carbocycles. The number of rotatable bonds is 4. The standard InChI is InChI=1S/C17H22N4O3S/c1-19-7-5-12(6-8-19)20(2)15(22)14-10-18-17(24)21(16(14)23)11-13-4-3-9-25-13/h3-4,9-10,12H,5-8,11H2,1-2H3,(H,18,24). The molecule has 1 aliphatic rings. The molecule has 7 nitrogen and oxygen atoms in total. The maximum Gasteiger partial charge on any atom is 0.328 e. The fraction of sp³-hybridized carbons (Fsp3) is 0.471. The van der Waals surface area contributed by atoms with Gasteiger partial charge in [-0.1, -0.05) is 6.07 Å². The predicted octanol–water partition coefficient (Wildman–Crippen LogP) is 0.813. The van der Waals surface area contributed by atoms with Crippen LogP contribution in [0.25, 0.3) is 0 Å². The Kier molecular flexibility index (Phi) is 5.19. The highest BCUT2D eigenvalue weighted by Crippen LogP contribution is 2.15. The summed E-state index contributed by atoms with van der Waals surface area (Å²) in [6.45, 7) is 2.03. The Balaban J connectivity index is 1.85. The Morgan fingerprint density at radius 2 is 2.08 bits per heavy atom. The van der Waals surface area contributed by atoms with Crippen LogP contribution in [0.3, 0.4) is 0 Å². The van der Waals surface area contributed by atoms with E-state index in [0.717, 1.165) is 35.4 Å². The number of carbonyl (C=O) groups is 1. The van der Waals surface area contributed by atoms with Crippen LogP contribution in [-0.4, -0.2) is 58.5 Å². The first-order valence-electron chi connectivity index (χ1n) is 8.28. The van der Waals surface area contributed by atoms with E-state index in [1.165, 1.54) is 17.5 Å². The molecular weight excluding hydrogens is 340 g/mol. The minimum Gasteiger partial charge on any atom is -0.338 e. The molecule has 134 valence electrons. The van der Waals surface area contributed by atoms with Gasteiger partial charge in [-0.15, -0.1) is 11.3 Å². The number of thiophene rings is 1. The lowest BCUT2D eigenvalue weighted by Gasteiger charge is -2.35. The molecule has 8 heteroatoms. The van der Waals surface area contributed by atoms with Gasteiger partial charge in [0.05, 0.1) is 6.54 Å². The van der Waals surface area contributed by atoms with Gasteiger partial charge in [0.25, 0.3) is 11.5 Å². The number of aromatic amines is 1. The molecule has 0 aliphatic carbocycles. The van der Waals surface area contributed by atoms with Crippen molar-refractivity contribution >= 4 is 17.2 Å². The number of likely N-dealkylation sites (tertiary alicyclic amines) is 1. The van der Waals surface area contributed by atoms with Crippen LogP contribution >= 0.6 is 11.3 Å². The smallest absolute Gasteiger partial charge is 0.328 e. The average molecular weight is 362 g/mol. The zero-order valence-corrected chi connectivity index (χ0v) is 15.2. The van der Waals surface area contributed by atoms with Gasteiger partial charge in [-0.05, 0) is 44.4 Å². The van der Waals surface area contributed by atoms with E-state index in [9.17, 15) is 14.4 Å². The molecule has 0 spiro atoms. The lowest BCUT2D eigenvalue weighted by Crippen LogP contribution is -2.47. The Morgan fingerprint density at radius 3 is 2.72 bits per heavy atom. The summed E-state index contributed by atoms with van der Waals surface area (Å²) in [4.78, 5) is 44.8. The van der Waals surface area contributed by atoms with Crippen LogP contribution in [0, 0.1) is 0 Å². The first kappa shape index (κ1) is 17.6. The van der Waals surface area contributed by atoms with E-state index < -0.39 is 11.2 Å². The van der Waals surface area contributed by atoms with Crippen LogP contribution in [0.1, 0.15) is 28.1 Å². The van der Waals surface area contributed by atoms with Crippen molar-refractivity contribution in [1.82, 2.24) is 19.4 Å². The second-order valence-corrected chi connectivity index (χ2v) is 7.46. The van der Waals surface area contributed by atoms with E-state index in [4.69, 9.17) is 0 Å². The van der Waals surface area contributed by atoms with Crippen LogP contribution in [0.4, 0.5) is 0 Å². The summed E-state index contributed by atoms with van der Waals surface area (Å²) in [5, 5.41) is 1.89. The number of amides is 1. The second-order valence-electron chi connectivity index (χ2n) is 6.43. The highest BCUT2D eigenvalue weighted by Gasteiger charge is 2.27. The summed E-state index contributed by atoms with van der Waals surface area (Å²) < 4.78 is 1.08. The molecule has 1 amide bonds. The first-order valence-corrected chi connectivity index (χ1v) is 9.16. The summed E-state index contributed by atoms with van der Waals surface area (Å²) in [7, 11) is 3.79. The van der Waals surface area contributed by atoms with E-state index in [-0.39, 0.29) is 24.1 Å². The van der Waals surface area contributed by atoms with Crippen LogP contribution in [0.2, 0.25) is 0 Å². The van der Waals surface area contributed by atoms with Gasteiger partial charge in [-0.25, -0.2) is 4.79 Å². The fourth-order valence-electron chi connectivity index (χ4n) is 3.10. The second kappa shape index (κ2) is 7.37. The van der Waals surface area contributed by atoms with E-state index in [0.29, 0.717) is 0 Å². The van der Waals surface area contributed by atoms with E-state index >= 15 is 0 Å². The molecule has 0 unspecified atom stereocenters. The van der Waals surface area contributed by atoms with Crippen molar-refractivity contribution in [2.75, 3.05) is 27.2 Å². The topological polar surface area (TPSA) is 78.4 Å². The molecular formula is C17H22N4O3S. The average Bonchev–Trinajstić information content (AvgIpc) is 3.11. The molecule has 0 radical (unpaired) electrons. The van der Waals surface area contributed by atoms with Gasteiger partial charge in [0, 0.05) is 24.2 Å². The molecule has 0 aromatic carbocycles. The minimum atomic E-state index is -0.540. The minimum absolute atomic E-state index is 0.0117. The van der Waals surface area contributed by atoms with Crippen LogP contribution in [0.5, 0.6) is 0 Å². The number of aromatic nitrogens is 2. The van der Waals surface area contributed by atoms with Crippen molar-refractivity contribution in [2.24, 2.45) is 0 Å². The van der Waals surface area contributed by atoms with Gasteiger partial charge >= 0.3 is 5.69 Å². The summed E-state index contributed by atoms with van der Waals surface area (Å²) in [6.07, 6.45) is 3.00. The van der Waals surface area contributed by atoms with Crippen LogP contribution < -0.4 is 11.2 Å². The summed E-state index contributed by atoms with van der Waals surface area (Å²) in [5.41, 5.74) is -1.03. The predicted molar refractivity (Wildman–Crippen MR) is 97.4 cm³/mol. The third kappa shape index (κ3) is 3.74. The molecule has 2 aromatic heterocycles. The van der Waals surface area contributed by atoms with Crippen molar-refractivity contribution < 1.29 is 4.79 Å². The fourth-order valence-corrected chi connectivity index (χ4v) is 3.80. The highest BCUT2D eigenvalue weighted by atomic mass is 32.1. The SMILES string of the molecule is CN1CCC(N(C)C(=O)c2c[nH]c(=O)n(Cc3cccs3)c2=O)CC1. The highest BCUT2D eigenvalue weighted by molar-refractivity contribution is 7.09. The van der Waals surface area contributed by atoms with Crippen molar-refractivity contribution in [2.45, 2.75) is 25.4 Å². The monoisotopic (exact) mass is 362 g/mol. The maximum absolute atomic E-state index is 12.8. The molecule has 25 heavy (non-hydrogen) atoms. The number of nitrogens with zero attached hydrogens (tertiary/aromatic N) is 3. The third-order valence-corrected chi connectivity index (χ3v) is 5.60. The van der Waals surface area contributed by atoms with Gasteiger partial charge in [0.15, 0.2) is 0 Å². The first-order chi connectivity index (χ1) is 12.0. The maximum atomic E-state index is 12.8. The molecule has 1 saturated heterocycles. The molecule has 3 rings (SSSR count). The Labute approximate surface area is 149 Å². The molecule has 0 bridgehead atoms. The number of H-pyrrole nitrogens is 1. The molecule has 1 aliphatic heterocycles. The van der Waals surface area contributed by atoms with Crippen LogP contribution in [0.15, 0.2) is 33.3 Å². The number of piperidine rings is 1. The quantitative estimate of drug-likeness (QED) is 0.873. The van der Waals surface area contributed by atoms with Crippen molar-refractivity contribution in [3.05, 3.63) is 55.0 Å². The lowest BCUT2D eigenvalue weighted by molar-refractivity contribution is 0.0656. The van der Waals surface area contributed by atoms with Crippen LogP contribution in [-0.2, 0) is 6.54 Å². The zero-order chi connectivity index (χ0) is 18.0. The molecule has 2 aromatic rings. The third-order valence-electron chi connectivity index (χ3n) is 4.74.